The van der Waals surface area contributed by atoms with Crippen LogP contribution in [0.5, 0.6) is 5.75 Å². The molecular weight excluding hydrogens is 147 g/mol. The summed E-state index contributed by atoms with van der Waals surface area (Å²) in [6, 6.07) is 7.52. The molecule has 0 N–H and O–H groups in total. The summed E-state index contributed by atoms with van der Waals surface area (Å²) in [5.41, 5.74) is 0.754. The third-order valence-electron chi connectivity index (χ3n) is 1.62. The summed E-state index contributed by atoms with van der Waals surface area (Å²) < 4.78 is 5.45. The molecule has 1 rings (SSSR count). The first-order valence-corrected chi connectivity index (χ1v) is 4.31. The van der Waals surface area contributed by atoms with Crippen molar-refractivity contribution in [1.82, 2.24) is 0 Å². The molecule has 0 aliphatic heterocycles. The Labute approximate surface area is 75.2 Å². The molecule has 1 aromatic carbocycles. The zero-order valence-electron chi connectivity index (χ0n) is 7.42. The van der Waals surface area contributed by atoms with Crippen LogP contribution in [0, 0.1) is 0 Å². The summed E-state index contributed by atoms with van der Waals surface area (Å²) in [5.74, 6) is 0.864. The van der Waals surface area contributed by atoms with Crippen molar-refractivity contribution in [3.05, 3.63) is 24.3 Å². The topological polar surface area (TPSA) is 9.23 Å². The Morgan fingerprint density at radius 2 is 2.25 bits per heavy atom. The van der Waals surface area contributed by atoms with Crippen LogP contribution in [0.15, 0.2) is 24.3 Å². The molecule has 0 bridgehead atoms. The second-order valence-electron chi connectivity index (χ2n) is 2.77. The van der Waals surface area contributed by atoms with Crippen molar-refractivity contribution in [3.8, 4) is 5.75 Å². The van der Waals surface area contributed by atoms with Crippen molar-refractivity contribution in [3.63, 3.8) is 0 Å². The number of benzene rings is 1. The Bertz CT molecular complexity index is 235. The van der Waals surface area contributed by atoms with Crippen molar-refractivity contribution in [2.24, 2.45) is 0 Å². The minimum absolute atomic E-state index is 0.754. The summed E-state index contributed by atoms with van der Waals surface area (Å²) >= 11 is 0. The van der Waals surface area contributed by atoms with E-state index in [9.17, 15) is 0 Å². The predicted molar refractivity (Wildman–Crippen MR) is 52.2 cm³/mol. The van der Waals surface area contributed by atoms with Crippen LogP contribution >= 0.6 is 0 Å². The standard InChI is InChI=1S/C10H13BO/c1-2-3-7-12-10-6-4-5-9(11)8-10/h4-6,8H,2-3,7H2,1H3. The van der Waals surface area contributed by atoms with E-state index in [1.165, 1.54) is 0 Å². The summed E-state index contributed by atoms with van der Waals surface area (Å²) in [6.07, 6.45) is 2.25. The lowest BCUT2D eigenvalue weighted by Gasteiger charge is -2.05. The van der Waals surface area contributed by atoms with Crippen molar-refractivity contribution >= 4 is 13.3 Å². The summed E-state index contributed by atoms with van der Waals surface area (Å²) in [6.45, 7) is 2.92. The highest BCUT2D eigenvalue weighted by atomic mass is 16.5. The monoisotopic (exact) mass is 160 g/mol. The maximum atomic E-state index is 5.58. The second kappa shape index (κ2) is 4.86. The normalized spacial score (nSPS) is 9.75. The quantitative estimate of drug-likeness (QED) is 0.480. The van der Waals surface area contributed by atoms with Crippen LogP contribution in [-0.2, 0) is 0 Å². The van der Waals surface area contributed by atoms with E-state index in [0.29, 0.717) is 0 Å². The molecule has 2 heteroatoms. The van der Waals surface area contributed by atoms with Gasteiger partial charge in [0, 0.05) is 0 Å². The molecule has 0 unspecified atom stereocenters. The van der Waals surface area contributed by atoms with Crippen LogP contribution in [0.3, 0.4) is 0 Å². The fourth-order valence-electron chi connectivity index (χ4n) is 0.939. The van der Waals surface area contributed by atoms with Crippen molar-refractivity contribution in [1.29, 1.82) is 0 Å². The van der Waals surface area contributed by atoms with Gasteiger partial charge in [-0.15, -0.1) is 0 Å². The van der Waals surface area contributed by atoms with E-state index < -0.39 is 0 Å². The van der Waals surface area contributed by atoms with Crippen LogP contribution in [0.25, 0.3) is 0 Å². The van der Waals surface area contributed by atoms with Crippen LogP contribution in [0.1, 0.15) is 19.8 Å². The third kappa shape index (κ3) is 2.99. The zero-order chi connectivity index (χ0) is 8.81. The molecular formula is C10H13BO. The first-order chi connectivity index (χ1) is 5.83. The first-order valence-electron chi connectivity index (χ1n) is 4.31. The summed E-state index contributed by atoms with van der Waals surface area (Å²) in [5, 5.41) is 0. The van der Waals surface area contributed by atoms with Crippen LogP contribution in [0.2, 0.25) is 0 Å². The van der Waals surface area contributed by atoms with Gasteiger partial charge in [-0.2, -0.15) is 0 Å². The van der Waals surface area contributed by atoms with Crippen LogP contribution in [-0.4, -0.2) is 14.5 Å². The molecule has 0 heterocycles. The van der Waals surface area contributed by atoms with Gasteiger partial charge in [0.1, 0.15) is 13.6 Å². The number of hydrogen-bond acceptors (Lipinski definition) is 1. The lowest BCUT2D eigenvalue weighted by molar-refractivity contribution is 0.309. The lowest BCUT2D eigenvalue weighted by Crippen LogP contribution is -2.03. The Hall–Kier alpha value is -0.915. The number of rotatable bonds is 4. The molecule has 2 radical (unpaired) electrons. The van der Waals surface area contributed by atoms with Gasteiger partial charge < -0.3 is 4.74 Å². The molecule has 12 heavy (non-hydrogen) atoms. The Morgan fingerprint density at radius 3 is 2.92 bits per heavy atom. The molecule has 0 aromatic heterocycles. The highest BCUT2D eigenvalue weighted by Gasteiger charge is 1.91. The molecule has 0 aliphatic rings. The van der Waals surface area contributed by atoms with E-state index in [1.54, 1.807) is 0 Å². The van der Waals surface area contributed by atoms with Gasteiger partial charge in [-0.1, -0.05) is 30.9 Å². The van der Waals surface area contributed by atoms with E-state index in [4.69, 9.17) is 12.6 Å². The molecule has 1 nitrogen and oxygen atoms in total. The summed E-state index contributed by atoms with van der Waals surface area (Å²) in [7, 11) is 5.58. The summed E-state index contributed by atoms with van der Waals surface area (Å²) in [4.78, 5) is 0. The van der Waals surface area contributed by atoms with Crippen LogP contribution < -0.4 is 10.2 Å². The van der Waals surface area contributed by atoms with Gasteiger partial charge in [-0.05, 0) is 18.6 Å². The molecule has 62 valence electrons. The number of hydrogen-bond donors (Lipinski definition) is 0. The van der Waals surface area contributed by atoms with Crippen molar-refractivity contribution in [2.75, 3.05) is 6.61 Å². The predicted octanol–water partition coefficient (Wildman–Crippen LogP) is 1.66. The molecule has 0 saturated carbocycles. The van der Waals surface area contributed by atoms with Crippen molar-refractivity contribution in [2.45, 2.75) is 19.8 Å². The highest BCUT2D eigenvalue weighted by Crippen LogP contribution is 2.06. The SMILES string of the molecule is [B]c1cccc(OCCCC)c1. The van der Waals surface area contributed by atoms with Gasteiger partial charge in [-0.3, -0.25) is 0 Å². The molecule has 0 saturated heterocycles. The Morgan fingerprint density at radius 1 is 1.42 bits per heavy atom. The van der Waals surface area contributed by atoms with E-state index >= 15 is 0 Å². The molecule has 1 aromatic rings. The maximum Gasteiger partial charge on any atom is 0.118 e. The Kier molecular flexibility index (Phi) is 3.72. The van der Waals surface area contributed by atoms with Gasteiger partial charge in [0.25, 0.3) is 0 Å². The van der Waals surface area contributed by atoms with E-state index in [-0.39, 0.29) is 0 Å². The average Bonchev–Trinajstić information content (AvgIpc) is 2.05. The molecule has 0 spiro atoms. The van der Waals surface area contributed by atoms with Crippen molar-refractivity contribution < 1.29 is 4.74 Å². The number of ether oxygens (including phenoxy) is 1. The van der Waals surface area contributed by atoms with Crippen LogP contribution in [0.4, 0.5) is 0 Å². The highest BCUT2D eigenvalue weighted by molar-refractivity contribution is 6.32. The largest absolute Gasteiger partial charge is 0.494 e. The minimum atomic E-state index is 0.754. The average molecular weight is 160 g/mol. The second-order valence-corrected chi connectivity index (χ2v) is 2.77. The molecule has 0 fully saturated rings. The maximum absolute atomic E-state index is 5.58. The zero-order valence-corrected chi connectivity index (χ0v) is 7.42. The lowest BCUT2D eigenvalue weighted by atomic mass is 9.96. The molecule has 0 amide bonds. The third-order valence-corrected chi connectivity index (χ3v) is 1.62. The fraction of sp³-hybridized carbons (Fsp3) is 0.400. The number of unbranched alkanes of at least 4 members (excludes halogenated alkanes) is 1. The smallest absolute Gasteiger partial charge is 0.118 e. The van der Waals surface area contributed by atoms with Gasteiger partial charge in [0.2, 0.25) is 0 Å². The van der Waals surface area contributed by atoms with E-state index in [1.807, 2.05) is 24.3 Å². The van der Waals surface area contributed by atoms with E-state index in [0.717, 1.165) is 30.7 Å². The van der Waals surface area contributed by atoms with Gasteiger partial charge in [0.15, 0.2) is 0 Å². The fourth-order valence-corrected chi connectivity index (χ4v) is 0.939. The Balaban J connectivity index is 2.41. The molecule has 0 aliphatic carbocycles. The first kappa shape index (κ1) is 9.18. The van der Waals surface area contributed by atoms with Gasteiger partial charge >= 0.3 is 0 Å². The van der Waals surface area contributed by atoms with E-state index in [2.05, 4.69) is 6.92 Å². The minimum Gasteiger partial charge on any atom is -0.494 e. The van der Waals surface area contributed by atoms with Gasteiger partial charge in [0.05, 0.1) is 6.61 Å². The molecule has 0 atom stereocenters. The van der Waals surface area contributed by atoms with Gasteiger partial charge in [-0.25, -0.2) is 0 Å².